The SMILES string of the molecule is COc1ccc(C(NN)c2cccc(Br)c2C)cc1. The van der Waals surface area contributed by atoms with E-state index in [1.807, 2.05) is 36.4 Å². The molecule has 0 saturated heterocycles. The van der Waals surface area contributed by atoms with Gasteiger partial charge in [-0.15, -0.1) is 0 Å². The van der Waals surface area contributed by atoms with E-state index < -0.39 is 0 Å². The summed E-state index contributed by atoms with van der Waals surface area (Å²) in [4.78, 5) is 0. The van der Waals surface area contributed by atoms with Gasteiger partial charge in [-0.3, -0.25) is 5.84 Å². The Hall–Kier alpha value is -1.36. The molecule has 0 aliphatic rings. The second-order valence-electron chi connectivity index (χ2n) is 4.33. The molecule has 0 aliphatic carbocycles. The number of hydrogen-bond acceptors (Lipinski definition) is 3. The van der Waals surface area contributed by atoms with E-state index in [9.17, 15) is 0 Å². The summed E-state index contributed by atoms with van der Waals surface area (Å²) in [6.45, 7) is 2.08. The van der Waals surface area contributed by atoms with Crippen LogP contribution in [0.3, 0.4) is 0 Å². The van der Waals surface area contributed by atoms with Crippen LogP contribution in [0.25, 0.3) is 0 Å². The van der Waals surface area contributed by atoms with E-state index in [-0.39, 0.29) is 6.04 Å². The minimum atomic E-state index is -0.0385. The Bertz CT molecular complexity index is 555. The zero-order chi connectivity index (χ0) is 13.8. The molecule has 2 rings (SSSR count). The van der Waals surface area contributed by atoms with Crippen LogP contribution in [0.4, 0.5) is 0 Å². The number of halogens is 1. The predicted molar refractivity (Wildman–Crippen MR) is 81.0 cm³/mol. The fraction of sp³-hybridized carbons (Fsp3) is 0.200. The van der Waals surface area contributed by atoms with Crippen molar-refractivity contribution in [3.8, 4) is 5.75 Å². The summed E-state index contributed by atoms with van der Waals surface area (Å²) in [7, 11) is 1.66. The Morgan fingerprint density at radius 3 is 2.42 bits per heavy atom. The number of rotatable bonds is 4. The molecule has 3 nitrogen and oxygen atoms in total. The van der Waals surface area contributed by atoms with Crippen molar-refractivity contribution in [3.63, 3.8) is 0 Å². The molecule has 0 spiro atoms. The monoisotopic (exact) mass is 320 g/mol. The third-order valence-corrected chi connectivity index (χ3v) is 4.10. The molecular weight excluding hydrogens is 304 g/mol. The molecule has 1 atom stereocenters. The number of benzene rings is 2. The first-order valence-electron chi connectivity index (χ1n) is 6.02. The van der Waals surface area contributed by atoms with Gasteiger partial charge in [-0.25, -0.2) is 5.43 Å². The minimum absolute atomic E-state index is 0.0385. The van der Waals surface area contributed by atoms with Gasteiger partial charge in [0, 0.05) is 4.47 Å². The van der Waals surface area contributed by atoms with Gasteiger partial charge in [0.1, 0.15) is 5.75 Å². The number of hydrazine groups is 1. The quantitative estimate of drug-likeness (QED) is 0.671. The molecule has 19 heavy (non-hydrogen) atoms. The summed E-state index contributed by atoms with van der Waals surface area (Å²) in [5.74, 6) is 6.57. The first-order chi connectivity index (χ1) is 9.17. The van der Waals surface area contributed by atoms with Crippen LogP contribution in [0.15, 0.2) is 46.9 Å². The Labute approximate surface area is 121 Å². The smallest absolute Gasteiger partial charge is 0.118 e. The third-order valence-electron chi connectivity index (χ3n) is 3.24. The summed E-state index contributed by atoms with van der Waals surface area (Å²) >= 11 is 3.55. The van der Waals surface area contributed by atoms with Crippen molar-refractivity contribution in [2.75, 3.05) is 7.11 Å². The van der Waals surface area contributed by atoms with Gasteiger partial charge in [0.15, 0.2) is 0 Å². The highest BCUT2D eigenvalue weighted by atomic mass is 79.9. The van der Waals surface area contributed by atoms with Crippen molar-refractivity contribution >= 4 is 15.9 Å². The Kier molecular flexibility index (Phi) is 4.58. The Morgan fingerprint density at radius 2 is 1.84 bits per heavy atom. The minimum Gasteiger partial charge on any atom is -0.497 e. The van der Waals surface area contributed by atoms with Gasteiger partial charge in [-0.2, -0.15) is 0 Å². The van der Waals surface area contributed by atoms with Crippen LogP contribution in [0, 0.1) is 6.92 Å². The second kappa shape index (κ2) is 6.19. The summed E-state index contributed by atoms with van der Waals surface area (Å²) in [6.07, 6.45) is 0. The largest absolute Gasteiger partial charge is 0.497 e. The van der Waals surface area contributed by atoms with Crippen LogP contribution >= 0.6 is 15.9 Å². The van der Waals surface area contributed by atoms with E-state index >= 15 is 0 Å². The van der Waals surface area contributed by atoms with Gasteiger partial charge in [0.05, 0.1) is 13.2 Å². The number of methoxy groups -OCH3 is 1. The number of ether oxygens (including phenoxy) is 1. The molecule has 0 aromatic heterocycles. The summed E-state index contributed by atoms with van der Waals surface area (Å²) in [5.41, 5.74) is 6.32. The van der Waals surface area contributed by atoms with Crippen LogP contribution in [0.2, 0.25) is 0 Å². The van der Waals surface area contributed by atoms with Crippen LogP contribution < -0.4 is 16.0 Å². The summed E-state index contributed by atoms with van der Waals surface area (Å²) in [6, 6.07) is 14.0. The average molecular weight is 321 g/mol. The summed E-state index contributed by atoms with van der Waals surface area (Å²) in [5, 5.41) is 0. The molecule has 0 heterocycles. The first-order valence-corrected chi connectivity index (χ1v) is 6.81. The van der Waals surface area contributed by atoms with Gasteiger partial charge in [0.2, 0.25) is 0 Å². The highest BCUT2D eigenvalue weighted by Crippen LogP contribution is 2.29. The molecule has 0 aliphatic heterocycles. The standard InChI is InChI=1S/C15H17BrN2O/c1-10-13(4-3-5-14(10)16)15(18-17)11-6-8-12(19-2)9-7-11/h3-9,15,18H,17H2,1-2H3. The van der Waals surface area contributed by atoms with E-state index in [4.69, 9.17) is 10.6 Å². The van der Waals surface area contributed by atoms with E-state index in [0.717, 1.165) is 21.3 Å². The second-order valence-corrected chi connectivity index (χ2v) is 5.18. The molecule has 4 heteroatoms. The molecule has 0 radical (unpaired) electrons. The topological polar surface area (TPSA) is 47.3 Å². The van der Waals surface area contributed by atoms with E-state index in [2.05, 4.69) is 34.3 Å². The van der Waals surface area contributed by atoms with E-state index in [1.165, 1.54) is 5.56 Å². The lowest BCUT2D eigenvalue weighted by molar-refractivity contribution is 0.414. The van der Waals surface area contributed by atoms with Crippen LogP contribution in [0.1, 0.15) is 22.7 Å². The van der Waals surface area contributed by atoms with Crippen LogP contribution in [-0.4, -0.2) is 7.11 Å². The van der Waals surface area contributed by atoms with Crippen molar-refractivity contribution in [3.05, 3.63) is 63.6 Å². The van der Waals surface area contributed by atoms with E-state index in [0.29, 0.717) is 0 Å². The van der Waals surface area contributed by atoms with Crippen molar-refractivity contribution in [2.24, 2.45) is 5.84 Å². The molecule has 100 valence electrons. The average Bonchev–Trinajstić information content (AvgIpc) is 2.45. The molecule has 0 amide bonds. The van der Waals surface area contributed by atoms with Crippen LogP contribution in [-0.2, 0) is 0 Å². The molecule has 2 aromatic rings. The Balaban J connectivity index is 2.40. The maximum Gasteiger partial charge on any atom is 0.118 e. The first kappa shape index (κ1) is 14.1. The van der Waals surface area contributed by atoms with Gasteiger partial charge in [-0.05, 0) is 41.8 Å². The van der Waals surface area contributed by atoms with Gasteiger partial charge >= 0.3 is 0 Å². The normalized spacial score (nSPS) is 12.2. The van der Waals surface area contributed by atoms with Gasteiger partial charge in [0.25, 0.3) is 0 Å². The maximum atomic E-state index is 5.73. The third kappa shape index (κ3) is 2.97. The van der Waals surface area contributed by atoms with Crippen molar-refractivity contribution in [1.82, 2.24) is 5.43 Å². The van der Waals surface area contributed by atoms with Crippen LogP contribution in [0.5, 0.6) is 5.75 Å². The van der Waals surface area contributed by atoms with Gasteiger partial charge < -0.3 is 4.74 Å². The van der Waals surface area contributed by atoms with Gasteiger partial charge in [-0.1, -0.05) is 40.2 Å². The highest BCUT2D eigenvalue weighted by molar-refractivity contribution is 9.10. The number of nitrogens with two attached hydrogens (primary N) is 1. The summed E-state index contributed by atoms with van der Waals surface area (Å²) < 4.78 is 6.25. The van der Waals surface area contributed by atoms with Crippen molar-refractivity contribution < 1.29 is 4.74 Å². The zero-order valence-electron chi connectivity index (χ0n) is 11.0. The number of nitrogens with one attached hydrogen (secondary N) is 1. The predicted octanol–water partition coefficient (Wildman–Crippen LogP) is 3.32. The zero-order valence-corrected chi connectivity index (χ0v) is 12.6. The lowest BCUT2D eigenvalue weighted by Crippen LogP contribution is -2.29. The molecule has 0 bridgehead atoms. The lowest BCUT2D eigenvalue weighted by Gasteiger charge is -2.20. The maximum absolute atomic E-state index is 5.73. The highest BCUT2D eigenvalue weighted by Gasteiger charge is 2.15. The van der Waals surface area contributed by atoms with Crippen molar-refractivity contribution in [1.29, 1.82) is 0 Å². The molecule has 1 unspecified atom stereocenters. The fourth-order valence-electron chi connectivity index (χ4n) is 2.10. The van der Waals surface area contributed by atoms with Crippen molar-refractivity contribution in [2.45, 2.75) is 13.0 Å². The molecule has 0 saturated carbocycles. The lowest BCUT2D eigenvalue weighted by atomic mass is 9.95. The fourth-order valence-corrected chi connectivity index (χ4v) is 2.48. The number of hydrogen-bond donors (Lipinski definition) is 2. The molecular formula is C15H17BrN2O. The molecule has 3 N–H and O–H groups in total. The molecule has 0 fully saturated rings. The van der Waals surface area contributed by atoms with E-state index in [1.54, 1.807) is 7.11 Å². The Morgan fingerprint density at radius 1 is 1.16 bits per heavy atom. The molecule has 2 aromatic carbocycles.